The third-order valence-electron chi connectivity index (χ3n) is 3.32. The number of hydrogen-bond donors (Lipinski definition) is 1. The second kappa shape index (κ2) is 7.25. The average Bonchev–Trinajstić information content (AvgIpc) is 2.46. The van der Waals surface area contributed by atoms with Gasteiger partial charge in [-0.1, -0.05) is 34.1 Å². The van der Waals surface area contributed by atoms with Crippen molar-refractivity contribution < 1.29 is 4.74 Å². The van der Waals surface area contributed by atoms with E-state index in [1.54, 1.807) is 7.11 Å². The molecule has 20 heavy (non-hydrogen) atoms. The lowest BCUT2D eigenvalue weighted by molar-refractivity contribution is 0.412. The molecular weight excluding hydrogens is 382 g/mol. The number of halogens is 2. The van der Waals surface area contributed by atoms with Gasteiger partial charge in [-0.3, -0.25) is 0 Å². The minimum atomic E-state index is 0.323. The van der Waals surface area contributed by atoms with Crippen LogP contribution in [0.1, 0.15) is 17.0 Å². The quantitative estimate of drug-likeness (QED) is 0.804. The number of ether oxygens (including phenoxy) is 1. The molecular formula is C16H17Br2NO. The van der Waals surface area contributed by atoms with E-state index in [1.807, 2.05) is 6.07 Å². The highest BCUT2D eigenvalue weighted by Gasteiger charge is 2.12. The zero-order valence-corrected chi connectivity index (χ0v) is 14.4. The van der Waals surface area contributed by atoms with Crippen LogP contribution in [0.3, 0.4) is 0 Å². The molecule has 1 atom stereocenters. The maximum atomic E-state index is 5.94. The first kappa shape index (κ1) is 15.5. The third kappa shape index (κ3) is 3.84. The second-order valence-corrected chi connectivity index (χ2v) is 6.43. The fourth-order valence-electron chi connectivity index (χ4n) is 2.19. The van der Waals surface area contributed by atoms with E-state index >= 15 is 0 Å². The van der Waals surface area contributed by atoms with Crippen LogP contribution in [0.4, 0.5) is 0 Å². The number of benzene rings is 2. The predicted molar refractivity (Wildman–Crippen MR) is 90.3 cm³/mol. The van der Waals surface area contributed by atoms with Gasteiger partial charge in [0.25, 0.3) is 0 Å². The van der Waals surface area contributed by atoms with Gasteiger partial charge in [0.1, 0.15) is 5.75 Å². The Bertz CT molecular complexity index is 569. The van der Waals surface area contributed by atoms with Gasteiger partial charge in [-0.2, -0.15) is 0 Å². The van der Waals surface area contributed by atoms with Crippen LogP contribution in [-0.4, -0.2) is 13.7 Å². The molecule has 0 aliphatic rings. The highest BCUT2D eigenvalue weighted by atomic mass is 79.9. The SMILES string of the molecule is COc1ccc(CC(CN)c2ccc(Br)cc2)cc1Br. The minimum absolute atomic E-state index is 0.323. The first-order valence-corrected chi connectivity index (χ1v) is 8.00. The van der Waals surface area contributed by atoms with Crippen molar-refractivity contribution in [1.82, 2.24) is 0 Å². The Morgan fingerprint density at radius 2 is 1.80 bits per heavy atom. The topological polar surface area (TPSA) is 35.2 Å². The summed E-state index contributed by atoms with van der Waals surface area (Å²) in [5.41, 5.74) is 8.45. The summed E-state index contributed by atoms with van der Waals surface area (Å²) in [4.78, 5) is 0. The van der Waals surface area contributed by atoms with Gasteiger partial charge in [-0.05, 0) is 64.3 Å². The zero-order chi connectivity index (χ0) is 14.5. The fraction of sp³-hybridized carbons (Fsp3) is 0.250. The highest BCUT2D eigenvalue weighted by molar-refractivity contribution is 9.10. The number of methoxy groups -OCH3 is 1. The van der Waals surface area contributed by atoms with Gasteiger partial charge in [-0.25, -0.2) is 0 Å². The summed E-state index contributed by atoms with van der Waals surface area (Å²) in [5, 5.41) is 0. The minimum Gasteiger partial charge on any atom is -0.496 e. The lowest BCUT2D eigenvalue weighted by Gasteiger charge is -2.16. The lowest BCUT2D eigenvalue weighted by atomic mass is 9.92. The van der Waals surface area contributed by atoms with Crippen LogP contribution in [-0.2, 0) is 6.42 Å². The fourth-order valence-corrected chi connectivity index (χ4v) is 3.05. The van der Waals surface area contributed by atoms with E-state index in [0.717, 1.165) is 21.1 Å². The summed E-state index contributed by atoms with van der Waals surface area (Å²) in [7, 11) is 1.67. The van der Waals surface area contributed by atoms with Gasteiger partial charge in [0.05, 0.1) is 11.6 Å². The molecule has 0 saturated carbocycles. The van der Waals surface area contributed by atoms with Gasteiger partial charge in [-0.15, -0.1) is 0 Å². The van der Waals surface area contributed by atoms with E-state index in [1.165, 1.54) is 11.1 Å². The first-order chi connectivity index (χ1) is 9.63. The molecule has 0 aliphatic heterocycles. The van der Waals surface area contributed by atoms with E-state index in [2.05, 4.69) is 68.3 Å². The van der Waals surface area contributed by atoms with Crippen molar-refractivity contribution in [3.8, 4) is 5.75 Å². The van der Waals surface area contributed by atoms with Crippen molar-refractivity contribution in [3.05, 3.63) is 62.5 Å². The van der Waals surface area contributed by atoms with Gasteiger partial charge >= 0.3 is 0 Å². The van der Waals surface area contributed by atoms with Crippen LogP contribution in [0, 0.1) is 0 Å². The molecule has 2 aromatic rings. The van der Waals surface area contributed by atoms with Crippen LogP contribution in [0.2, 0.25) is 0 Å². The molecule has 0 radical (unpaired) electrons. The monoisotopic (exact) mass is 397 g/mol. The van der Waals surface area contributed by atoms with Crippen LogP contribution in [0.15, 0.2) is 51.4 Å². The van der Waals surface area contributed by atoms with E-state index in [9.17, 15) is 0 Å². The molecule has 106 valence electrons. The predicted octanol–water partition coefficient (Wildman–Crippen LogP) is 4.51. The zero-order valence-electron chi connectivity index (χ0n) is 11.3. The van der Waals surface area contributed by atoms with Gasteiger partial charge in [0, 0.05) is 10.4 Å². The van der Waals surface area contributed by atoms with Crippen LogP contribution in [0.25, 0.3) is 0 Å². The summed E-state index contributed by atoms with van der Waals surface area (Å²) in [5.74, 6) is 1.17. The Kier molecular flexibility index (Phi) is 5.64. The summed E-state index contributed by atoms with van der Waals surface area (Å²) >= 11 is 6.98. The van der Waals surface area contributed by atoms with Gasteiger partial charge in [0.15, 0.2) is 0 Å². The Hall–Kier alpha value is -0.840. The molecule has 0 aromatic heterocycles. The van der Waals surface area contributed by atoms with Crippen molar-refractivity contribution in [2.24, 2.45) is 5.73 Å². The van der Waals surface area contributed by atoms with Crippen LogP contribution < -0.4 is 10.5 Å². The lowest BCUT2D eigenvalue weighted by Crippen LogP contribution is -2.15. The smallest absolute Gasteiger partial charge is 0.133 e. The molecule has 0 bridgehead atoms. The Morgan fingerprint density at radius 3 is 2.35 bits per heavy atom. The molecule has 4 heteroatoms. The molecule has 0 saturated heterocycles. The second-order valence-electron chi connectivity index (χ2n) is 4.66. The average molecular weight is 399 g/mol. The van der Waals surface area contributed by atoms with E-state index in [4.69, 9.17) is 10.5 Å². The Balaban J connectivity index is 2.17. The molecule has 1 unspecified atom stereocenters. The molecule has 0 heterocycles. The summed E-state index contributed by atoms with van der Waals surface area (Å²) in [6.07, 6.45) is 0.917. The summed E-state index contributed by atoms with van der Waals surface area (Å²) in [6, 6.07) is 14.5. The largest absolute Gasteiger partial charge is 0.496 e. The first-order valence-electron chi connectivity index (χ1n) is 6.42. The molecule has 2 rings (SSSR count). The number of hydrogen-bond acceptors (Lipinski definition) is 2. The van der Waals surface area contributed by atoms with Crippen LogP contribution >= 0.6 is 31.9 Å². The van der Waals surface area contributed by atoms with Crippen LogP contribution in [0.5, 0.6) is 5.75 Å². The van der Waals surface area contributed by atoms with Crippen molar-refractivity contribution in [1.29, 1.82) is 0 Å². The van der Waals surface area contributed by atoms with E-state index in [-0.39, 0.29) is 0 Å². The Labute approximate surface area is 136 Å². The summed E-state index contributed by atoms with van der Waals surface area (Å²) < 4.78 is 7.32. The van der Waals surface area contributed by atoms with E-state index in [0.29, 0.717) is 12.5 Å². The molecule has 2 N–H and O–H groups in total. The third-order valence-corrected chi connectivity index (χ3v) is 4.47. The molecule has 2 nitrogen and oxygen atoms in total. The normalized spacial score (nSPS) is 12.2. The maximum Gasteiger partial charge on any atom is 0.133 e. The Morgan fingerprint density at radius 1 is 1.10 bits per heavy atom. The molecule has 0 amide bonds. The van der Waals surface area contributed by atoms with E-state index < -0.39 is 0 Å². The van der Waals surface area contributed by atoms with Crippen molar-refractivity contribution in [2.45, 2.75) is 12.3 Å². The van der Waals surface area contributed by atoms with Crippen molar-refractivity contribution in [2.75, 3.05) is 13.7 Å². The molecule has 2 aromatic carbocycles. The summed E-state index contributed by atoms with van der Waals surface area (Å²) in [6.45, 7) is 0.630. The van der Waals surface area contributed by atoms with Crippen molar-refractivity contribution in [3.63, 3.8) is 0 Å². The molecule has 0 spiro atoms. The van der Waals surface area contributed by atoms with Gasteiger partial charge in [0.2, 0.25) is 0 Å². The maximum absolute atomic E-state index is 5.94. The standard InChI is InChI=1S/C16H17Br2NO/c1-20-16-7-2-11(9-15(16)18)8-13(10-19)12-3-5-14(17)6-4-12/h2-7,9,13H,8,10,19H2,1H3. The molecule has 0 aliphatic carbocycles. The molecule has 0 fully saturated rings. The number of rotatable bonds is 5. The van der Waals surface area contributed by atoms with Gasteiger partial charge < -0.3 is 10.5 Å². The highest BCUT2D eigenvalue weighted by Crippen LogP contribution is 2.28. The number of nitrogens with two attached hydrogens (primary N) is 1. The van der Waals surface area contributed by atoms with Crippen molar-refractivity contribution >= 4 is 31.9 Å².